The van der Waals surface area contributed by atoms with E-state index in [1.165, 1.54) is 57.1 Å². The van der Waals surface area contributed by atoms with Crippen LogP contribution in [-0.4, -0.2) is 78.0 Å². The van der Waals surface area contributed by atoms with Crippen LogP contribution in [0.3, 0.4) is 0 Å². The summed E-state index contributed by atoms with van der Waals surface area (Å²) < 4.78 is 0. The van der Waals surface area contributed by atoms with Crippen molar-refractivity contribution in [2.45, 2.75) is 18.9 Å². The zero-order valence-electron chi connectivity index (χ0n) is 16.9. The fourth-order valence-corrected chi connectivity index (χ4v) is 4.18. The van der Waals surface area contributed by atoms with Gasteiger partial charge in [-0.05, 0) is 44.2 Å². The molecule has 29 heavy (non-hydrogen) atoms. The first-order valence-electron chi connectivity index (χ1n) is 10.3. The standard InChI is InChI=1S/C21H29N7O/c1-26-12-14-28(15-13-26)18-6-10-27(11-7-18)17-4-2-16(3-5-17)25-21-19(20(22)29)23-8-9-24-21/h2-5,8-9,18H,6-7,10-15H2,1H3,(H2,22,29)(H,24,25). The van der Waals surface area contributed by atoms with Gasteiger partial charge in [-0.25, -0.2) is 9.97 Å². The molecule has 4 rings (SSSR count). The largest absolute Gasteiger partial charge is 0.371 e. The number of likely N-dealkylation sites (N-methyl/N-ethyl adjacent to an activating group) is 1. The number of piperazine rings is 1. The van der Waals surface area contributed by atoms with E-state index in [-0.39, 0.29) is 5.69 Å². The highest BCUT2D eigenvalue weighted by Crippen LogP contribution is 2.26. The van der Waals surface area contributed by atoms with Gasteiger partial charge in [-0.3, -0.25) is 9.69 Å². The molecule has 0 radical (unpaired) electrons. The molecule has 0 spiro atoms. The summed E-state index contributed by atoms with van der Waals surface area (Å²) in [7, 11) is 2.21. The van der Waals surface area contributed by atoms with Gasteiger partial charge in [0.05, 0.1) is 0 Å². The number of rotatable bonds is 5. The number of nitrogens with one attached hydrogen (secondary N) is 1. The van der Waals surface area contributed by atoms with Crippen LogP contribution in [0.5, 0.6) is 0 Å². The molecule has 1 aromatic heterocycles. The van der Waals surface area contributed by atoms with E-state index in [0.717, 1.165) is 18.8 Å². The van der Waals surface area contributed by atoms with E-state index in [9.17, 15) is 4.79 Å². The molecule has 0 bridgehead atoms. The Kier molecular flexibility index (Phi) is 5.92. The number of carbonyl (C=O) groups is 1. The fourth-order valence-electron chi connectivity index (χ4n) is 4.18. The number of primary amides is 1. The summed E-state index contributed by atoms with van der Waals surface area (Å²) in [5.41, 5.74) is 7.58. The highest BCUT2D eigenvalue weighted by molar-refractivity contribution is 5.96. The van der Waals surface area contributed by atoms with E-state index in [0.29, 0.717) is 11.9 Å². The molecule has 154 valence electrons. The van der Waals surface area contributed by atoms with E-state index in [1.54, 1.807) is 0 Å². The lowest BCUT2D eigenvalue weighted by Crippen LogP contribution is -2.52. The summed E-state index contributed by atoms with van der Waals surface area (Å²) in [6, 6.07) is 8.94. The van der Waals surface area contributed by atoms with Crippen molar-refractivity contribution < 1.29 is 4.79 Å². The lowest BCUT2D eigenvalue weighted by molar-refractivity contribution is 0.0982. The van der Waals surface area contributed by atoms with Crippen molar-refractivity contribution in [3.8, 4) is 0 Å². The molecule has 1 aromatic carbocycles. The molecule has 0 saturated carbocycles. The zero-order chi connectivity index (χ0) is 20.2. The lowest BCUT2D eigenvalue weighted by atomic mass is 10.0. The second kappa shape index (κ2) is 8.75. The third-order valence-corrected chi connectivity index (χ3v) is 5.95. The first-order chi connectivity index (χ1) is 14.1. The average molecular weight is 396 g/mol. The molecule has 2 fully saturated rings. The maximum atomic E-state index is 11.5. The van der Waals surface area contributed by atoms with Crippen LogP contribution in [0.2, 0.25) is 0 Å². The van der Waals surface area contributed by atoms with Crippen molar-refractivity contribution in [1.29, 1.82) is 0 Å². The lowest BCUT2D eigenvalue weighted by Gasteiger charge is -2.42. The van der Waals surface area contributed by atoms with Gasteiger partial charge in [0.1, 0.15) is 0 Å². The van der Waals surface area contributed by atoms with Crippen LogP contribution in [0.4, 0.5) is 17.2 Å². The Morgan fingerprint density at radius 2 is 1.66 bits per heavy atom. The van der Waals surface area contributed by atoms with E-state index in [4.69, 9.17) is 5.73 Å². The molecule has 2 aliphatic heterocycles. The molecule has 2 aromatic rings. The van der Waals surface area contributed by atoms with Crippen LogP contribution in [0.25, 0.3) is 0 Å². The Morgan fingerprint density at radius 1 is 1.00 bits per heavy atom. The topological polar surface area (TPSA) is 90.6 Å². The smallest absolute Gasteiger partial charge is 0.271 e. The van der Waals surface area contributed by atoms with E-state index in [1.807, 2.05) is 12.1 Å². The number of amides is 1. The van der Waals surface area contributed by atoms with Crippen molar-refractivity contribution in [2.24, 2.45) is 5.73 Å². The Labute approximate surface area is 171 Å². The van der Waals surface area contributed by atoms with Gasteiger partial charge in [-0.2, -0.15) is 0 Å². The first kappa shape index (κ1) is 19.6. The van der Waals surface area contributed by atoms with Crippen LogP contribution in [0.1, 0.15) is 23.3 Å². The van der Waals surface area contributed by atoms with Gasteiger partial charge in [0.2, 0.25) is 0 Å². The SMILES string of the molecule is CN1CCN(C2CCN(c3ccc(Nc4nccnc4C(N)=O)cc3)CC2)CC1. The second-order valence-corrected chi connectivity index (χ2v) is 7.85. The Balaban J connectivity index is 1.34. The minimum absolute atomic E-state index is 0.141. The van der Waals surface area contributed by atoms with Gasteiger partial charge in [0, 0.05) is 69.1 Å². The fraction of sp³-hybridized carbons (Fsp3) is 0.476. The molecule has 0 aliphatic carbocycles. The van der Waals surface area contributed by atoms with Gasteiger partial charge < -0.3 is 20.9 Å². The minimum atomic E-state index is -0.597. The number of anilines is 3. The van der Waals surface area contributed by atoms with Crippen molar-refractivity contribution in [1.82, 2.24) is 19.8 Å². The first-order valence-corrected chi connectivity index (χ1v) is 10.3. The predicted molar refractivity (Wildman–Crippen MR) is 115 cm³/mol. The van der Waals surface area contributed by atoms with Gasteiger partial charge in [-0.1, -0.05) is 0 Å². The zero-order valence-corrected chi connectivity index (χ0v) is 16.9. The van der Waals surface area contributed by atoms with Crippen LogP contribution in [-0.2, 0) is 0 Å². The highest BCUT2D eigenvalue weighted by Gasteiger charge is 2.26. The molecule has 3 heterocycles. The number of nitrogens with two attached hydrogens (primary N) is 1. The molecule has 2 saturated heterocycles. The van der Waals surface area contributed by atoms with Crippen LogP contribution in [0.15, 0.2) is 36.7 Å². The molecule has 8 heteroatoms. The molecule has 0 atom stereocenters. The van der Waals surface area contributed by atoms with Gasteiger partial charge >= 0.3 is 0 Å². The third kappa shape index (κ3) is 4.65. The summed E-state index contributed by atoms with van der Waals surface area (Å²) >= 11 is 0. The predicted octanol–water partition coefficient (Wildman–Crippen LogP) is 1.54. The van der Waals surface area contributed by atoms with Crippen LogP contribution in [0, 0.1) is 0 Å². The maximum absolute atomic E-state index is 11.5. The number of nitrogens with zero attached hydrogens (tertiary/aromatic N) is 5. The minimum Gasteiger partial charge on any atom is -0.371 e. The highest BCUT2D eigenvalue weighted by atomic mass is 16.1. The molecule has 8 nitrogen and oxygen atoms in total. The molecular formula is C21H29N7O. The number of benzene rings is 1. The number of carbonyl (C=O) groups excluding carboxylic acids is 1. The Bertz CT molecular complexity index is 825. The number of aromatic nitrogens is 2. The molecule has 3 N–H and O–H groups in total. The van der Waals surface area contributed by atoms with Crippen molar-refractivity contribution in [3.63, 3.8) is 0 Å². The summed E-state index contributed by atoms with van der Waals surface area (Å²) in [5.74, 6) is -0.221. The third-order valence-electron chi connectivity index (χ3n) is 5.95. The summed E-state index contributed by atoms with van der Waals surface area (Å²) in [6.07, 6.45) is 5.42. The van der Waals surface area contributed by atoms with Gasteiger partial charge in [0.25, 0.3) is 5.91 Å². The number of piperidine rings is 1. The van der Waals surface area contributed by atoms with Crippen LogP contribution < -0.4 is 16.0 Å². The summed E-state index contributed by atoms with van der Waals surface area (Å²) in [5, 5.41) is 3.13. The van der Waals surface area contributed by atoms with Crippen molar-refractivity contribution in [2.75, 3.05) is 56.5 Å². The Hall–Kier alpha value is -2.71. The molecule has 1 amide bonds. The van der Waals surface area contributed by atoms with Crippen LogP contribution >= 0.6 is 0 Å². The second-order valence-electron chi connectivity index (χ2n) is 7.85. The quantitative estimate of drug-likeness (QED) is 0.793. The van der Waals surface area contributed by atoms with Crippen molar-refractivity contribution >= 4 is 23.1 Å². The van der Waals surface area contributed by atoms with E-state index >= 15 is 0 Å². The van der Waals surface area contributed by atoms with Gasteiger partial charge in [-0.15, -0.1) is 0 Å². The van der Waals surface area contributed by atoms with Gasteiger partial charge in [0.15, 0.2) is 11.5 Å². The molecular weight excluding hydrogens is 366 g/mol. The Morgan fingerprint density at radius 3 is 2.31 bits per heavy atom. The maximum Gasteiger partial charge on any atom is 0.271 e. The number of hydrogen-bond donors (Lipinski definition) is 2. The molecule has 2 aliphatic rings. The number of hydrogen-bond acceptors (Lipinski definition) is 7. The average Bonchev–Trinajstić information content (AvgIpc) is 2.75. The van der Waals surface area contributed by atoms with E-state index < -0.39 is 5.91 Å². The normalized spacial score (nSPS) is 19.3. The summed E-state index contributed by atoms with van der Waals surface area (Å²) in [6.45, 7) is 6.91. The van der Waals surface area contributed by atoms with Crippen molar-refractivity contribution in [3.05, 3.63) is 42.4 Å². The van der Waals surface area contributed by atoms with E-state index in [2.05, 4.69) is 49.2 Å². The molecule has 0 unspecified atom stereocenters. The monoisotopic (exact) mass is 395 g/mol. The summed E-state index contributed by atoms with van der Waals surface area (Å²) in [4.78, 5) is 27.2.